The lowest BCUT2D eigenvalue weighted by Gasteiger charge is -2.31. The summed E-state index contributed by atoms with van der Waals surface area (Å²) in [6.45, 7) is 3.52. The number of rotatable bonds is 6. The summed E-state index contributed by atoms with van der Waals surface area (Å²) in [6, 6.07) is 9.34. The quantitative estimate of drug-likeness (QED) is 0.705. The van der Waals surface area contributed by atoms with E-state index in [-0.39, 0.29) is 0 Å². The molecule has 1 aromatic carbocycles. The molecule has 4 N–H and O–H groups in total. The van der Waals surface area contributed by atoms with Crippen molar-refractivity contribution in [3.8, 4) is 0 Å². The van der Waals surface area contributed by atoms with E-state index in [4.69, 9.17) is 5.73 Å². The van der Waals surface area contributed by atoms with Crippen molar-refractivity contribution in [1.82, 2.24) is 10.6 Å². The summed E-state index contributed by atoms with van der Waals surface area (Å²) in [6.07, 6.45) is 11.6. The van der Waals surface area contributed by atoms with Crippen molar-refractivity contribution in [1.29, 1.82) is 0 Å². The molecule has 0 heterocycles. The Morgan fingerprint density at radius 2 is 1.91 bits per heavy atom. The van der Waals surface area contributed by atoms with E-state index in [1.165, 1.54) is 24.0 Å². The van der Waals surface area contributed by atoms with E-state index in [0.29, 0.717) is 24.4 Å². The topological polar surface area (TPSA) is 50.1 Å². The molecular weight excluding hydrogens is 270 g/mol. The summed E-state index contributed by atoms with van der Waals surface area (Å²) in [7, 11) is 0. The molecule has 22 heavy (non-hydrogen) atoms. The van der Waals surface area contributed by atoms with Crippen LogP contribution in [0.2, 0.25) is 0 Å². The Balaban J connectivity index is 1.75. The lowest BCUT2D eigenvalue weighted by molar-refractivity contribution is 0.341. The molecule has 3 rings (SSSR count). The van der Waals surface area contributed by atoms with Gasteiger partial charge in [-0.3, -0.25) is 0 Å². The lowest BCUT2D eigenvalue weighted by Crippen LogP contribution is -2.36. The number of nitrogens with one attached hydrogen (secondary N) is 2. The van der Waals surface area contributed by atoms with Gasteiger partial charge in [0.2, 0.25) is 0 Å². The minimum absolute atomic E-state index is 0.407. The molecule has 0 fully saturated rings. The Labute approximate surface area is 133 Å². The maximum atomic E-state index is 5.53. The minimum atomic E-state index is 0.407. The number of hydrogen-bond donors (Lipinski definition) is 3. The molecular formula is C19H27N3. The molecule has 0 amide bonds. The van der Waals surface area contributed by atoms with Crippen LogP contribution in [0.1, 0.15) is 23.6 Å². The van der Waals surface area contributed by atoms with E-state index < -0.39 is 0 Å². The van der Waals surface area contributed by atoms with Crippen molar-refractivity contribution >= 4 is 0 Å². The van der Waals surface area contributed by atoms with Gasteiger partial charge in [-0.1, -0.05) is 48.6 Å². The van der Waals surface area contributed by atoms with Crippen molar-refractivity contribution in [2.75, 3.05) is 26.2 Å². The Bertz CT molecular complexity index is 535. The average Bonchev–Trinajstić information content (AvgIpc) is 2.72. The Hall–Kier alpha value is -1.42. The van der Waals surface area contributed by atoms with Gasteiger partial charge in [-0.05, 0) is 29.9 Å². The summed E-state index contributed by atoms with van der Waals surface area (Å²) in [5, 5.41) is 7.15. The van der Waals surface area contributed by atoms with Gasteiger partial charge >= 0.3 is 0 Å². The predicted octanol–water partition coefficient (Wildman–Crippen LogP) is 2.17. The van der Waals surface area contributed by atoms with E-state index in [0.717, 1.165) is 19.6 Å². The fourth-order valence-corrected chi connectivity index (χ4v) is 3.70. The second kappa shape index (κ2) is 7.73. The monoisotopic (exact) mass is 297 g/mol. The van der Waals surface area contributed by atoms with Crippen molar-refractivity contribution in [3.63, 3.8) is 0 Å². The van der Waals surface area contributed by atoms with Gasteiger partial charge in [0.25, 0.3) is 0 Å². The van der Waals surface area contributed by atoms with Gasteiger partial charge in [0.1, 0.15) is 0 Å². The number of nitrogens with two attached hydrogens (primary N) is 1. The summed E-state index contributed by atoms with van der Waals surface area (Å²) in [5.74, 6) is 1.20. The molecule has 2 aliphatic rings. The maximum Gasteiger partial charge on any atom is 0.0392 e. The van der Waals surface area contributed by atoms with Crippen LogP contribution in [-0.4, -0.2) is 26.2 Å². The van der Waals surface area contributed by atoms with Crippen LogP contribution in [0.5, 0.6) is 0 Å². The summed E-state index contributed by atoms with van der Waals surface area (Å²) in [4.78, 5) is 0. The Morgan fingerprint density at radius 1 is 1.05 bits per heavy atom. The van der Waals surface area contributed by atoms with Crippen LogP contribution in [0.3, 0.4) is 0 Å². The van der Waals surface area contributed by atoms with E-state index in [2.05, 4.69) is 59.2 Å². The highest BCUT2D eigenvalue weighted by Gasteiger charge is 2.31. The third-order valence-corrected chi connectivity index (χ3v) is 4.81. The third kappa shape index (κ3) is 3.49. The van der Waals surface area contributed by atoms with Gasteiger partial charge in [-0.15, -0.1) is 0 Å². The zero-order valence-electron chi connectivity index (χ0n) is 13.2. The van der Waals surface area contributed by atoms with Crippen molar-refractivity contribution in [3.05, 3.63) is 59.7 Å². The minimum Gasteiger partial charge on any atom is -0.329 e. The summed E-state index contributed by atoms with van der Waals surface area (Å²) in [5.41, 5.74) is 8.51. The molecule has 118 valence electrons. The number of allylic oxidation sites excluding steroid dienone is 3. The van der Waals surface area contributed by atoms with Crippen LogP contribution in [0.4, 0.5) is 0 Å². The van der Waals surface area contributed by atoms with Crippen LogP contribution in [-0.2, 0) is 6.42 Å². The van der Waals surface area contributed by atoms with Crippen LogP contribution >= 0.6 is 0 Å². The zero-order chi connectivity index (χ0) is 15.2. The second-order valence-electron chi connectivity index (χ2n) is 6.22. The molecule has 3 unspecified atom stereocenters. The maximum absolute atomic E-state index is 5.53. The third-order valence-electron chi connectivity index (χ3n) is 4.81. The van der Waals surface area contributed by atoms with Crippen LogP contribution < -0.4 is 16.4 Å². The first-order chi connectivity index (χ1) is 10.9. The molecule has 0 bridgehead atoms. The average molecular weight is 297 g/mol. The molecule has 0 saturated carbocycles. The SMILES string of the molecule is NCCNCCNC1c2ccccc2CCC2C=CC=CC21. The van der Waals surface area contributed by atoms with E-state index in [9.17, 15) is 0 Å². The summed E-state index contributed by atoms with van der Waals surface area (Å²) >= 11 is 0. The highest BCUT2D eigenvalue weighted by atomic mass is 15.0. The molecule has 0 saturated heterocycles. The smallest absolute Gasteiger partial charge is 0.0392 e. The first-order valence-electron chi connectivity index (χ1n) is 8.47. The van der Waals surface area contributed by atoms with E-state index in [1.54, 1.807) is 0 Å². The van der Waals surface area contributed by atoms with Crippen LogP contribution in [0.15, 0.2) is 48.6 Å². The largest absolute Gasteiger partial charge is 0.329 e. The first-order valence-corrected chi connectivity index (χ1v) is 8.47. The van der Waals surface area contributed by atoms with E-state index >= 15 is 0 Å². The molecule has 2 aliphatic carbocycles. The normalized spacial score (nSPS) is 26.3. The van der Waals surface area contributed by atoms with Gasteiger partial charge in [0.15, 0.2) is 0 Å². The number of fused-ring (bicyclic) bond motifs is 2. The molecule has 3 atom stereocenters. The Morgan fingerprint density at radius 3 is 2.82 bits per heavy atom. The van der Waals surface area contributed by atoms with Gasteiger partial charge in [-0.2, -0.15) is 0 Å². The summed E-state index contributed by atoms with van der Waals surface area (Å²) < 4.78 is 0. The van der Waals surface area contributed by atoms with Crippen molar-refractivity contribution < 1.29 is 0 Å². The van der Waals surface area contributed by atoms with Crippen LogP contribution in [0.25, 0.3) is 0 Å². The van der Waals surface area contributed by atoms with Crippen molar-refractivity contribution in [2.24, 2.45) is 17.6 Å². The fourth-order valence-electron chi connectivity index (χ4n) is 3.70. The zero-order valence-corrected chi connectivity index (χ0v) is 13.2. The van der Waals surface area contributed by atoms with Gasteiger partial charge in [-0.25, -0.2) is 0 Å². The fraction of sp³-hybridized carbons (Fsp3) is 0.474. The van der Waals surface area contributed by atoms with Gasteiger partial charge < -0.3 is 16.4 Å². The van der Waals surface area contributed by atoms with Gasteiger partial charge in [0.05, 0.1) is 0 Å². The molecule has 0 radical (unpaired) electrons. The van der Waals surface area contributed by atoms with Crippen LogP contribution in [0, 0.1) is 11.8 Å². The molecule has 3 heteroatoms. The van der Waals surface area contributed by atoms with E-state index in [1.807, 2.05) is 0 Å². The highest BCUT2D eigenvalue weighted by molar-refractivity contribution is 5.35. The van der Waals surface area contributed by atoms with Crippen molar-refractivity contribution in [2.45, 2.75) is 18.9 Å². The number of hydrogen-bond acceptors (Lipinski definition) is 3. The molecule has 1 aromatic rings. The number of aryl methyl sites for hydroxylation is 1. The second-order valence-corrected chi connectivity index (χ2v) is 6.22. The lowest BCUT2D eigenvalue weighted by atomic mass is 9.80. The number of benzene rings is 1. The molecule has 0 aliphatic heterocycles. The standard InChI is InChI=1S/C19H27N3/c20-11-12-21-13-14-22-19-17-7-3-1-5-15(17)9-10-16-6-2-4-8-18(16)19/h1-8,15,17,19,21-22H,9-14,20H2. The Kier molecular flexibility index (Phi) is 5.43. The molecule has 0 aromatic heterocycles. The molecule has 3 nitrogen and oxygen atoms in total. The van der Waals surface area contributed by atoms with Gasteiger partial charge in [0, 0.05) is 38.1 Å². The highest BCUT2D eigenvalue weighted by Crippen LogP contribution is 2.39. The predicted molar refractivity (Wildman–Crippen MR) is 92.7 cm³/mol. The molecule has 0 spiro atoms. The first kappa shape index (κ1) is 15.5.